The molecule has 1 saturated heterocycles. The van der Waals surface area contributed by atoms with E-state index in [0.29, 0.717) is 30.9 Å². The number of nitrogens with zero attached hydrogens (tertiary/aromatic N) is 2. The maximum atomic E-state index is 12.8. The first kappa shape index (κ1) is 18.8. The van der Waals surface area contributed by atoms with Gasteiger partial charge in [-0.3, -0.25) is 9.59 Å². The van der Waals surface area contributed by atoms with Gasteiger partial charge in [-0.2, -0.15) is 0 Å². The summed E-state index contributed by atoms with van der Waals surface area (Å²) in [6.07, 6.45) is 0. The average molecular weight is 367 g/mol. The summed E-state index contributed by atoms with van der Waals surface area (Å²) in [7, 11) is 0. The first-order valence-corrected chi connectivity index (χ1v) is 9.22. The van der Waals surface area contributed by atoms with Gasteiger partial charge in [0.1, 0.15) is 5.75 Å². The molecule has 1 aliphatic rings. The van der Waals surface area contributed by atoms with Crippen LogP contribution < -0.4 is 15.0 Å². The number of anilines is 2. The van der Waals surface area contributed by atoms with Crippen molar-refractivity contribution in [1.82, 2.24) is 4.90 Å². The van der Waals surface area contributed by atoms with Gasteiger partial charge in [0.25, 0.3) is 5.91 Å². The number of nitrogens with one attached hydrogen (secondary N) is 1. The van der Waals surface area contributed by atoms with Crippen molar-refractivity contribution >= 4 is 23.2 Å². The zero-order valence-corrected chi connectivity index (χ0v) is 15.8. The highest BCUT2D eigenvalue weighted by atomic mass is 16.5. The van der Waals surface area contributed by atoms with Crippen LogP contribution in [0.3, 0.4) is 0 Å². The minimum absolute atomic E-state index is 0.0139. The molecule has 2 amide bonds. The van der Waals surface area contributed by atoms with E-state index in [1.54, 1.807) is 24.3 Å². The van der Waals surface area contributed by atoms with E-state index in [1.807, 2.05) is 30.0 Å². The number of rotatable bonds is 5. The second-order valence-electron chi connectivity index (χ2n) is 6.44. The van der Waals surface area contributed by atoms with Crippen molar-refractivity contribution in [2.75, 3.05) is 43.0 Å². The van der Waals surface area contributed by atoms with E-state index >= 15 is 0 Å². The molecular weight excluding hydrogens is 342 g/mol. The monoisotopic (exact) mass is 367 g/mol. The van der Waals surface area contributed by atoms with Crippen LogP contribution in [0.4, 0.5) is 11.4 Å². The molecule has 0 radical (unpaired) electrons. The fourth-order valence-corrected chi connectivity index (χ4v) is 3.26. The highest BCUT2D eigenvalue weighted by Crippen LogP contribution is 2.29. The summed E-state index contributed by atoms with van der Waals surface area (Å²) in [6, 6.07) is 15.1. The standard InChI is InChI=1S/C21H25N3O3/c1-3-27-20-10-5-4-9-19(20)23-11-13-24(14-12-23)21(26)17-7-6-8-18(15-17)22-16(2)25/h4-10,15H,3,11-14H2,1-2H3,(H,22,25). The SMILES string of the molecule is CCOc1ccccc1N1CCN(C(=O)c2cccc(NC(C)=O)c2)CC1. The highest BCUT2D eigenvalue weighted by molar-refractivity contribution is 5.97. The zero-order valence-electron chi connectivity index (χ0n) is 15.8. The van der Waals surface area contributed by atoms with Gasteiger partial charge in [0, 0.05) is 44.4 Å². The summed E-state index contributed by atoms with van der Waals surface area (Å²) in [6.45, 7) is 6.84. The van der Waals surface area contributed by atoms with Gasteiger partial charge in [-0.25, -0.2) is 0 Å². The molecule has 2 aromatic carbocycles. The van der Waals surface area contributed by atoms with E-state index in [0.717, 1.165) is 24.5 Å². The molecule has 0 aliphatic carbocycles. The third-order valence-corrected chi connectivity index (χ3v) is 4.50. The number of ether oxygens (including phenoxy) is 1. The van der Waals surface area contributed by atoms with Crippen LogP contribution in [-0.4, -0.2) is 49.5 Å². The first-order chi connectivity index (χ1) is 13.1. The Morgan fingerprint density at radius 1 is 1.04 bits per heavy atom. The minimum atomic E-state index is -0.152. The van der Waals surface area contributed by atoms with Gasteiger partial charge >= 0.3 is 0 Å². The Balaban J connectivity index is 1.66. The van der Waals surface area contributed by atoms with E-state index in [2.05, 4.69) is 16.3 Å². The molecule has 1 fully saturated rings. The van der Waals surface area contributed by atoms with E-state index in [9.17, 15) is 9.59 Å². The molecule has 27 heavy (non-hydrogen) atoms. The van der Waals surface area contributed by atoms with Gasteiger partial charge in [-0.15, -0.1) is 0 Å². The number of carbonyl (C=O) groups is 2. The zero-order chi connectivity index (χ0) is 19.2. The highest BCUT2D eigenvalue weighted by Gasteiger charge is 2.24. The number of para-hydroxylation sites is 2. The second kappa shape index (κ2) is 8.58. The molecule has 0 atom stereocenters. The Morgan fingerprint density at radius 2 is 1.78 bits per heavy atom. The molecule has 1 heterocycles. The summed E-state index contributed by atoms with van der Waals surface area (Å²) < 4.78 is 5.72. The van der Waals surface area contributed by atoms with Gasteiger partial charge in [-0.05, 0) is 37.3 Å². The minimum Gasteiger partial charge on any atom is -0.492 e. The van der Waals surface area contributed by atoms with E-state index in [-0.39, 0.29) is 11.8 Å². The predicted molar refractivity (Wildman–Crippen MR) is 106 cm³/mol. The van der Waals surface area contributed by atoms with Crippen LogP contribution in [0, 0.1) is 0 Å². The van der Waals surface area contributed by atoms with Crippen molar-refractivity contribution in [3.05, 3.63) is 54.1 Å². The van der Waals surface area contributed by atoms with Gasteiger partial charge < -0.3 is 19.9 Å². The second-order valence-corrected chi connectivity index (χ2v) is 6.44. The van der Waals surface area contributed by atoms with Crippen molar-refractivity contribution in [2.24, 2.45) is 0 Å². The van der Waals surface area contributed by atoms with Gasteiger partial charge in [0.05, 0.1) is 12.3 Å². The van der Waals surface area contributed by atoms with Crippen LogP contribution in [0.15, 0.2) is 48.5 Å². The lowest BCUT2D eigenvalue weighted by Crippen LogP contribution is -2.48. The van der Waals surface area contributed by atoms with Gasteiger partial charge in [-0.1, -0.05) is 18.2 Å². The molecule has 1 aliphatic heterocycles. The molecular formula is C21H25N3O3. The molecule has 142 valence electrons. The van der Waals surface area contributed by atoms with E-state index < -0.39 is 0 Å². The number of hydrogen-bond acceptors (Lipinski definition) is 4. The Labute approximate surface area is 159 Å². The lowest BCUT2D eigenvalue weighted by atomic mass is 10.1. The van der Waals surface area contributed by atoms with Crippen LogP contribution >= 0.6 is 0 Å². The normalized spacial score (nSPS) is 14.0. The maximum absolute atomic E-state index is 12.8. The summed E-state index contributed by atoms with van der Waals surface area (Å²) in [5, 5.41) is 2.72. The fourth-order valence-electron chi connectivity index (χ4n) is 3.26. The van der Waals surface area contributed by atoms with Gasteiger partial charge in [0.2, 0.25) is 5.91 Å². The summed E-state index contributed by atoms with van der Waals surface area (Å²) in [5.41, 5.74) is 2.29. The molecule has 6 heteroatoms. The van der Waals surface area contributed by atoms with Crippen LogP contribution in [0.1, 0.15) is 24.2 Å². The largest absolute Gasteiger partial charge is 0.492 e. The smallest absolute Gasteiger partial charge is 0.254 e. The van der Waals surface area contributed by atoms with Crippen LogP contribution in [-0.2, 0) is 4.79 Å². The lowest BCUT2D eigenvalue weighted by Gasteiger charge is -2.36. The molecule has 3 rings (SSSR count). The molecule has 0 saturated carbocycles. The molecule has 1 N–H and O–H groups in total. The molecule has 0 spiro atoms. The number of piperazine rings is 1. The predicted octanol–water partition coefficient (Wildman–Crippen LogP) is 3.01. The molecule has 0 unspecified atom stereocenters. The van der Waals surface area contributed by atoms with Crippen molar-refractivity contribution in [2.45, 2.75) is 13.8 Å². The number of carbonyl (C=O) groups excluding carboxylic acids is 2. The topological polar surface area (TPSA) is 61.9 Å². The van der Waals surface area contributed by atoms with E-state index in [4.69, 9.17) is 4.74 Å². The van der Waals surface area contributed by atoms with Gasteiger partial charge in [0.15, 0.2) is 0 Å². The van der Waals surface area contributed by atoms with Crippen molar-refractivity contribution in [3.8, 4) is 5.75 Å². The Kier molecular flexibility index (Phi) is 5.96. The fraction of sp³-hybridized carbons (Fsp3) is 0.333. The summed E-state index contributed by atoms with van der Waals surface area (Å²) >= 11 is 0. The summed E-state index contributed by atoms with van der Waals surface area (Å²) in [5.74, 6) is 0.712. The van der Waals surface area contributed by atoms with Crippen molar-refractivity contribution in [3.63, 3.8) is 0 Å². The van der Waals surface area contributed by atoms with Crippen LogP contribution in [0.2, 0.25) is 0 Å². The number of benzene rings is 2. The molecule has 0 bridgehead atoms. The molecule has 0 aromatic heterocycles. The Morgan fingerprint density at radius 3 is 2.48 bits per heavy atom. The lowest BCUT2D eigenvalue weighted by molar-refractivity contribution is -0.114. The van der Waals surface area contributed by atoms with E-state index in [1.165, 1.54) is 6.92 Å². The third kappa shape index (κ3) is 4.58. The third-order valence-electron chi connectivity index (χ3n) is 4.50. The molecule has 2 aromatic rings. The first-order valence-electron chi connectivity index (χ1n) is 9.22. The van der Waals surface area contributed by atoms with Crippen LogP contribution in [0.5, 0.6) is 5.75 Å². The number of hydrogen-bond donors (Lipinski definition) is 1. The quantitative estimate of drug-likeness (QED) is 0.882. The van der Waals surface area contributed by atoms with Crippen molar-refractivity contribution in [1.29, 1.82) is 0 Å². The molecule has 6 nitrogen and oxygen atoms in total. The summed E-state index contributed by atoms with van der Waals surface area (Å²) in [4.78, 5) is 28.1. The maximum Gasteiger partial charge on any atom is 0.254 e. The van der Waals surface area contributed by atoms with Crippen LogP contribution in [0.25, 0.3) is 0 Å². The Hall–Kier alpha value is -3.02. The number of amides is 2. The Bertz CT molecular complexity index is 814. The average Bonchev–Trinajstić information content (AvgIpc) is 2.68. The van der Waals surface area contributed by atoms with Crippen molar-refractivity contribution < 1.29 is 14.3 Å².